The van der Waals surface area contributed by atoms with E-state index in [1.807, 2.05) is 0 Å². The highest BCUT2D eigenvalue weighted by Crippen LogP contribution is 2.40. The minimum absolute atomic E-state index is 0.00283. The molecular formula is C34H38Cl2F2N2O9S. The quantitative estimate of drug-likeness (QED) is 0.0882. The SMILES string of the molecule is C=CC(Cl)=C(CC(OC(=O)C1CCCCN1S(=O)(=C=O)c1ccc(OC)c(OC)c1)c1ccc(OC(F)F)c(OCC2CC2)c1)C(Cl)=C[NH2+][O-]. The molecule has 0 aromatic heterocycles. The lowest BCUT2D eigenvalue weighted by Crippen LogP contribution is -2.70. The third-order valence-electron chi connectivity index (χ3n) is 8.19. The van der Waals surface area contributed by atoms with E-state index in [1.165, 1.54) is 61.0 Å². The van der Waals surface area contributed by atoms with E-state index >= 15 is 0 Å². The fraction of sp³-hybridized carbons (Fsp3) is 0.412. The van der Waals surface area contributed by atoms with Gasteiger partial charge < -0.3 is 34.4 Å². The van der Waals surface area contributed by atoms with Gasteiger partial charge in [0.25, 0.3) is 0 Å². The van der Waals surface area contributed by atoms with Crippen LogP contribution in [0.2, 0.25) is 0 Å². The van der Waals surface area contributed by atoms with Crippen molar-refractivity contribution >= 4 is 44.1 Å². The van der Waals surface area contributed by atoms with Crippen molar-refractivity contribution in [1.82, 2.24) is 4.31 Å². The van der Waals surface area contributed by atoms with Crippen LogP contribution in [0.4, 0.5) is 8.78 Å². The Labute approximate surface area is 299 Å². The molecule has 2 aromatic carbocycles. The highest BCUT2D eigenvalue weighted by atomic mass is 35.5. The van der Waals surface area contributed by atoms with Gasteiger partial charge in [-0.1, -0.05) is 41.9 Å². The Morgan fingerprint density at radius 2 is 1.82 bits per heavy atom. The van der Waals surface area contributed by atoms with Crippen LogP contribution in [-0.4, -0.2) is 59.7 Å². The van der Waals surface area contributed by atoms with Gasteiger partial charge >= 0.3 is 12.6 Å². The van der Waals surface area contributed by atoms with Crippen molar-refractivity contribution < 1.29 is 51.7 Å². The van der Waals surface area contributed by atoms with Gasteiger partial charge in [-0.2, -0.15) is 8.78 Å². The number of rotatable bonds is 17. The van der Waals surface area contributed by atoms with Crippen molar-refractivity contribution in [2.45, 2.75) is 62.2 Å². The number of hydrogen-bond acceptors (Lipinski definition) is 9. The minimum atomic E-state index is -3.78. The maximum Gasteiger partial charge on any atom is 0.387 e. The molecule has 3 atom stereocenters. The molecule has 11 nitrogen and oxygen atoms in total. The zero-order valence-corrected chi connectivity index (χ0v) is 29.7. The molecule has 1 aliphatic heterocycles. The second kappa shape index (κ2) is 18.0. The summed E-state index contributed by atoms with van der Waals surface area (Å²) in [6.45, 7) is 0.906. The summed E-state index contributed by atoms with van der Waals surface area (Å²) in [6, 6.07) is 7.27. The number of esters is 1. The van der Waals surface area contributed by atoms with Gasteiger partial charge in [0, 0.05) is 24.1 Å². The van der Waals surface area contributed by atoms with Gasteiger partial charge in [-0.3, -0.25) is 4.79 Å². The number of allylic oxidation sites excluding steroid dienone is 3. The first kappa shape index (κ1) is 39.2. The average Bonchev–Trinajstić information content (AvgIpc) is 3.96. The van der Waals surface area contributed by atoms with Gasteiger partial charge in [0.15, 0.2) is 23.0 Å². The van der Waals surface area contributed by atoms with Crippen LogP contribution >= 0.6 is 23.2 Å². The number of hydroxylamine groups is 1. The molecule has 1 aliphatic carbocycles. The van der Waals surface area contributed by atoms with E-state index in [2.05, 4.69) is 11.3 Å². The molecule has 272 valence electrons. The van der Waals surface area contributed by atoms with Crippen molar-refractivity contribution in [3.8, 4) is 23.0 Å². The Bertz CT molecular complexity index is 1760. The van der Waals surface area contributed by atoms with Crippen molar-refractivity contribution in [1.29, 1.82) is 0 Å². The molecule has 4 rings (SSSR count). The van der Waals surface area contributed by atoms with Crippen LogP contribution < -0.4 is 24.4 Å². The molecule has 2 aromatic rings. The molecule has 0 bridgehead atoms. The van der Waals surface area contributed by atoms with E-state index in [0.717, 1.165) is 19.0 Å². The van der Waals surface area contributed by atoms with Crippen LogP contribution in [0.1, 0.15) is 50.2 Å². The van der Waals surface area contributed by atoms with Gasteiger partial charge in [0.1, 0.15) is 28.1 Å². The third-order valence-corrected chi connectivity index (χ3v) is 11.1. The second-order valence-corrected chi connectivity index (χ2v) is 14.4. The smallest absolute Gasteiger partial charge is 0.387 e. The number of benzene rings is 2. The first-order valence-corrected chi connectivity index (χ1v) is 17.9. The number of ether oxygens (including phenoxy) is 5. The second-order valence-electron chi connectivity index (χ2n) is 11.4. The summed E-state index contributed by atoms with van der Waals surface area (Å²) in [6.07, 6.45) is 4.10. The Morgan fingerprint density at radius 1 is 1.10 bits per heavy atom. The number of carbonyl (C=O) groups is 1. The average molecular weight is 760 g/mol. The van der Waals surface area contributed by atoms with E-state index < -0.39 is 34.4 Å². The van der Waals surface area contributed by atoms with Gasteiger partial charge in [0.05, 0.1) is 30.8 Å². The summed E-state index contributed by atoms with van der Waals surface area (Å²) in [5, 5.41) is 13.0. The molecule has 1 saturated carbocycles. The van der Waals surface area contributed by atoms with Crippen LogP contribution in [0.5, 0.6) is 23.0 Å². The van der Waals surface area contributed by atoms with Gasteiger partial charge in [-0.25, -0.2) is 13.3 Å². The molecule has 0 amide bonds. The van der Waals surface area contributed by atoms with E-state index in [9.17, 15) is 27.8 Å². The summed E-state index contributed by atoms with van der Waals surface area (Å²) in [5.74, 6) is -0.221. The molecule has 2 aliphatic rings. The standard InChI is InChI=1S/C34H38Cl2F2N2O9S/c1-4-25(35)24(26(36)18-39-43)17-30(22-10-12-29(49-34(37)38)32(15-22)47-19-21-8-9-21)48-33(42)27-7-5-6-14-40(27)50(44,20-41)23-11-13-28(45-2)31(16-23)46-3/h4,10-13,15-16,18,21,27,30,34H,1,5-9,14,17,19,39H2,2-3H3. The molecule has 2 fully saturated rings. The third kappa shape index (κ3) is 9.58. The monoisotopic (exact) mass is 758 g/mol. The van der Waals surface area contributed by atoms with Gasteiger partial charge in [0.2, 0.25) is 5.23 Å². The lowest BCUT2D eigenvalue weighted by atomic mass is 9.99. The molecule has 0 spiro atoms. The fourth-order valence-electron chi connectivity index (χ4n) is 5.42. The predicted octanol–water partition coefficient (Wildman–Crippen LogP) is 6.07. The fourth-order valence-corrected chi connectivity index (χ4v) is 7.79. The zero-order chi connectivity index (χ0) is 36.4. The number of methoxy groups -OCH3 is 2. The Morgan fingerprint density at radius 3 is 2.44 bits per heavy atom. The molecule has 1 heterocycles. The zero-order valence-electron chi connectivity index (χ0n) is 27.4. The summed E-state index contributed by atoms with van der Waals surface area (Å²) in [7, 11) is -0.962. The maximum atomic E-state index is 14.4. The summed E-state index contributed by atoms with van der Waals surface area (Å²) < 4.78 is 69.5. The van der Waals surface area contributed by atoms with Crippen LogP contribution in [0.25, 0.3) is 0 Å². The van der Waals surface area contributed by atoms with Crippen molar-refractivity contribution in [3.05, 3.63) is 81.7 Å². The first-order chi connectivity index (χ1) is 24.0. The highest BCUT2D eigenvalue weighted by Gasteiger charge is 2.39. The molecule has 1 saturated heterocycles. The number of piperidine rings is 1. The lowest BCUT2D eigenvalue weighted by Gasteiger charge is -2.35. The Kier molecular flexibility index (Phi) is 14.1. The number of halogens is 4. The Balaban J connectivity index is 1.76. The lowest BCUT2D eigenvalue weighted by molar-refractivity contribution is -0.515. The number of quaternary nitrogens is 1. The molecule has 0 radical (unpaired) electrons. The molecule has 50 heavy (non-hydrogen) atoms. The normalized spacial score (nSPS) is 19.0. The van der Waals surface area contributed by atoms with Gasteiger partial charge in [-0.05, 0) is 73.4 Å². The number of alkyl halides is 2. The number of carbonyl (C=O) groups excluding carboxylic acids is 2. The topological polar surface area (TPSA) is 140 Å². The van der Waals surface area contributed by atoms with Crippen LogP contribution in [0, 0.1) is 11.1 Å². The van der Waals surface area contributed by atoms with Crippen molar-refractivity contribution in [2.75, 3.05) is 27.4 Å². The largest absolute Gasteiger partial charge is 0.631 e. The number of hydrogen-bond donors (Lipinski definition) is 1. The van der Waals surface area contributed by atoms with Crippen LogP contribution in [0.3, 0.4) is 0 Å². The molecule has 3 unspecified atom stereocenters. The number of nitrogens with two attached hydrogens (primary N) is 1. The molecule has 2 N–H and O–H groups in total. The number of nitrogens with zero attached hydrogens (tertiary/aromatic N) is 1. The van der Waals surface area contributed by atoms with Crippen LogP contribution in [-0.2, 0) is 24.0 Å². The highest BCUT2D eigenvalue weighted by molar-refractivity contribution is 7.98. The van der Waals surface area contributed by atoms with Gasteiger partial charge in [-0.15, -0.1) is 0 Å². The maximum absolute atomic E-state index is 14.4. The summed E-state index contributed by atoms with van der Waals surface area (Å²) in [5.41, 5.74) is 0.937. The molecular weight excluding hydrogens is 721 g/mol. The van der Waals surface area contributed by atoms with E-state index in [0.29, 0.717) is 24.1 Å². The molecule has 16 heteroatoms. The minimum Gasteiger partial charge on any atom is -0.631 e. The van der Waals surface area contributed by atoms with E-state index in [1.54, 1.807) is 5.23 Å². The van der Waals surface area contributed by atoms with E-state index in [-0.39, 0.29) is 75.3 Å². The summed E-state index contributed by atoms with van der Waals surface area (Å²) >= 11 is 12.9. The van der Waals surface area contributed by atoms with Crippen LogP contribution in [0.15, 0.2) is 75.8 Å². The van der Waals surface area contributed by atoms with E-state index in [4.69, 9.17) is 42.1 Å². The first-order valence-electron chi connectivity index (χ1n) is 15.7. The van der Waals surface area contributed by atoms with Crippen molar-refractivity contribution in [2.24, 2.45) is 5.92 Å². The summed E-state index contributed by atoms with van der Waals surface area (Å²) in [4.78, 5) is 26.7. The predicted molar refractivity (Wildman–Crippen MR) is 183 cm³/mol. The Hall–Kier alpha value is -3.62. The van der Waals surface area contributed by atoms with Crippen molar-refractivity contribution in [3.63, 3.8) is 0 Å².